The van der Waals surface area contributed by atoms with Crippen LogP contribution in [0, 0.1) is 13.8 Å². The lowest BCUT2D eigenvalue weighted by molar-refractivity contribution is -0.119. The standard InChI is InChI=1S/C14H19NO3S2/c1-10-3-4-13(11(2)7-10)19-8-14(16)15-12-5-6-20(17,18)9-12/h3-4,7,12H,5-6,8-9H2,1-2H3,(H,15,16)/t12-/m0/s1. The lowest BCUT2D eigenvalue weighted by atomic mass is 10.2. The van der Waals surface area contributed by atoms with Crippen molar-refractivity contribution in [1.29, 1.82) is 0 Å². The molecule has 0 aliphatic carbocycles. The van der Waals surface area contributed by atoms with Gasteiger partial charge in [-0.15, -0.1) is 11.8 Å². The number of nitrogens with one attached hydrogen (secondary N) is 1. The fraction of sp³-hybridized carbons (Fsp3) is 0.500. The van der Waals surface area contributed by atoms with Crippen molar-refractivity contribution in [2.24, 2.45) is 0 Å². The second-order valence-electron chi connectivity index (χ2n) is 5.23. The summed E-state index contributed by atoms with van der Waals surface area (Å²) < 4.78 is 22.6. The quantitative estimate of drug-likeness (QED) is 0.859. The Morgan fingerprint density at radius 2 is 2.15 bits per heavy atom. The van der Waals surface area contributed by atoms with Crippen LogP contribution >= 0.6 is 11.8 Å². The molecule has 1 fully saturated rings. The zero-order valence-corrected chi connectivity index (χ0v) is 13.3. The number of aryl methyl sites for hydroxylation is 2. The summed E-state index contributed by atoms with van der Waals surface area (Å²) in [4.78, 5) is 12.9. The van der Waals surface area contributed by atoms with Gasteiger partial charge in [-0.2, -0.15) is 0 Å². The third-order valence-corrected chi connectivity index (χ3v) is 6.23. The van der Waals surface area contributed by atoms with Crippen LogP contribution < -0.4 is 5.32 Å². The van der Waals surface area contributed by atoms with Crippen molar-refractivity contribution in [2.45, 2.75) is 31.2 Å². The summed E-state index contributed by atoms with van der Waals surface area (Å²) in [5.41, 5.74) is 2.36. The predicted molar refractivity (Wildman–Crippen MR) is 81.8 cm³/mol. The number of amides is 1. The van der Waals surface area contributed by atoms with E-state index in [-0.39, 0.29) is 23.5 Å². The zero-order chi connectivity index (χ0) is 14.8. The molecule has 1 aliphatic rings. The number of sulfone groups is 1. The molecule has 0 spiro atoms. The number of hydrogen-bond donors (Lipinski definition) is 1. The molecule has 0 bridgehead atoms. The van der Waals surface area contributed by atoms with E-state index in [4.69, 9.17) is 0 Å². The molecule has 20 heavy (non-hydrogen) atoms. The highest BCUT2D eigenvalue weighted by atomic mass is 32.2. The minimum atomic E-state index is -2.94. The van der Waals surface area contributed by atoms with Crippen LogP contribution in [0.4, 0.5) is 0 Å². The first kappa shape index (κ1) is 15.4. The Morgan fingerprint density at radius 1 is 1.40 bits per heavy atom. The van der Waals surface area contributed by atoms with Gasteiger partial charge in [0.05, 0.1) is 17.3 Å². The average molecular weight is 313 g/mol. The van der Waals surface area contributed by atoms with E-state index in [1.54, 1.807) is 0 Å². The molecule has 0 aromatic heterocycles. The van der Waals surface area contributed by atoms with Crippen molar-refractivity contribution in [3.8, 4) is 0 Å². The Labute approximate surface area is 124 Å². The Morgan fingerprint density at radius 3 is 2.75 bits per heavy atom. The summed E-state index contributed by atoms with van der Waals surface area (Å²) >= 11 is 1.49. The minimum Gasteiger partial charge on any atom is -0.352 e. The van der Waals surface area contributed by atoms with Gasteiger partial charge in [-0.1, -0.05) is 17.7 Å². The van der Waals surface area contributed by atoms with E-state index in [0.717, 1.165) is 10.5 Å². The Balaban J connectivity index is 1.84. The van der Waals surface area contributed by atoms with Crippen LogP contribution in [-0.4, -0.2) is 37.6 Å². The molecule has 1 atom stereocenters. The highest BCUT2D eigenvalue weighted by molar-refractivity contribution is 8.00. The maximum Gasteiger partial charge on any atom is 0.230 e. The van der Waals surface area contributed by atoms with Gasteiger partial charge in [-0.3, -0.25) is 4.79 Å². The third-order valence-electron chi connectivity index (χ3n) is 3.29. The van der Waals surface area contributed by atoms with E-state index in [1.165, 1.54) is 17.3 Å². The van der Waals surface area contributed by atoms with E-state index in [2.05, 4.69) is 11.4 Å². The first-order valence-electron chi connectivity index (χ1n) is 6.55. The molecule has 2 rings (SSSR count). The maximum absolute atomic E-state index is 11.8. The van der Waals surface area contributed by atoms with Crippen LogP contribution in [0.25, 0.3) is 0 Å². The first-order valence-corrected chi connectivity index (χ1v) is 9.36. The van der Waals surface area contributed by atoms with Crippen LogP contribution in [-0.2, 0) is 14.6 Å². The molecule has 4 nitrogen and oxygen atoms in total. The van der Waals surface area contributed by atoms with Crippen molar-refractivity contribution in [1.82, 2.24) is 5.32 Å². The molecule has 110 valence electrons. The van der Waals surface area contributed by atoms with E-state index in [0.29, 0.717) is 12.2 Å². The Kier molecular flexibility index (Phi) is 4.75. The van der Waals surface area contributed by atoms with Crippen molar-refractivity contribution in [3.05, 3.63) is 29.3 Å². The Hall–Kier alpha value is -1.01. The molecule has 1 N–H and O–H groups in total. The monoisotopic (exact) mass is 313 g/mol. The van der Waals surface area contributed by atoms with Crippen LogP contribution in [0.5, 0.6) is 0 Å². The molecule has 1 saturated heterocycles. The molecular weight excluding hydrogens is 294 g/mol. The van der Waals surface area contributed by atoms with Gasteiger partial charge in [0, 0.05) is 10.9 Å². The lowest BCUT2D eigenvalue weighted by Crippen LogP contribution is -2.36. The van der Waals surface area contributed by atoms with E-state index < -0.39 is 9.84 Å². The van der Waals surface area contributed by atoms with Crippen molar-refractivity contribution >= 4 is 27.5 Å². The van der Waals surface area contributed by atoms with Gasteiger partial charge in [0.25, 0.3) is 0 Å². The van der Waals surface area contributed by atoms with Crippen LogP contribution in [0.2, 0.25) is 0 Å². The summed E-state index contributed by atoms with van der Waals surface area (Å²) in [6.07, 6.45) is 0.530. The molecule has 1 aromatic rings. The molecule has 1 amide bonds. The number of rotatable bonds is 4. The highest BCUT2D eigenvalue weighted by Crippen LogP contribution is 2.23. The lowest BCUT2D eigenvalue weighted by Gasteiger charge is -2.11. The topological polar surface area (TPSA) is 63.2 Å². The van der Waals surface area contributed by atoms with Gasteiger partial charge < -0.3 is 5.32 Å². The molecule has 1 aromatic carbocycles. The second-order valence-corrected chi connectivity index (χ2v) is 8.47. The van der Waals surface area contributed by atoms with Crippen LogP contribution in [0.3, 0.4) is 0 Å². The number of carbonyl (C=O) groups is 1. The molecular formula is C14H19NO3S2. The summed E-state index contributed by atoms with van der Waals surface area (Å²) in [5, 5.41) is 2.80. The van der Waals surface area contributed by atoms with Gasteiger partial charge in [0.2, 0.25) is 5.91 Å². The normalized spacial score (nSPS) is 20.8. The number of thioether (sulfide) groups is 1. The number of benzene rings is 1. The zero-order valence-electron chi connectivity index (χ0n) is 11.7. The fourth-order valence-electron chi connectivity index (χ4n) is 2.28. The summed E-state index contributed by atoms with van der Waals surface area (Å²) in [6, 6.07) is 5.91. The summed E-state index contributed by atoms with van der Waals surface area (Å²) in [7, 11) is -2.94. The second kappa shape index (κ2) is 6.18. The largest absolute Gasteiger partial charge is 0.352 e. The van der Waals surface area contributed by atoms with E-state index >= 15 is 0 Å². The smallest absolute Gasteiger partial charge is 0.230 e. The summed E-state index contributed by atoms with van der Waals surface area (Å²) in [6.45, 7) is 4.06. The van der Waals surface area contributed by atoms with E-state index in [1.807, 2.05) is 26.0 Å². The first-order chi connectivity index (χ1) is 9.35. The van der Waals surface area contributed by atoms with Gasteiger partial charge in [-0.25, -0.2) is 8.42 Å². The molecule has 6 heteroatoms. The SMILES string of the molecule is Cc1ccc(SCC(=O)N[C@H]2CCS(=O)(=O)C2)c(C)c1. The van der Waals surface area contributed by atoms with Crippen LogP contribution in [0.15, 0.2) is 23.1 Å². The van der Waals surface area contributed by atoms with Gasteiger partial charge >= 0.3 is 0 Å². The maximum atomic E-state index is 11.8. The number of carbonyl (C=O) groups excluding carboxylic acids is 1. The van der Waals surface area contributed by atoms with Gasteiger partial charge in [0.15, 0.2) is 9.84 Å². The van der Waals surface area contributed by atoms with Crippen molar-refractivity contribution in [3.63, 3.8) is 0 Å². The average Bonchev–Trinajstić information content (AvgIpc) is 2.67. The van der Waals surface area contributed by atoms with Crippen molar-refractivity contribution < 1.29 is 13.2 Å². The third kappa shape index (κ3) is 4.24. The molecule has 1 aliphatic heterocycles. The Bertz CT molecular complexity index is 611. The van der Waals surface area contributed by atoms with Crippen LogP contribution in [0.1, 0.15) is 17.5 Å². The van der Waals surface area contributed by atoms with Gasteiger partial charge in [-0.05, 0) is 31.9 Å². The molecule has 0 saturated carbocycles. The molecule has 0 radical (unpaired) electrons. The van der Waals surface area contributed by atoms with Crippen molar-refractivity contribution in [2.75, 3.05) is 17.3 Å². The minimum absolute atomic E-state index is 0.0764. The fourth-order valence-corrected chi connectivity index (χ4v) is 4.78. The van der Waals surface area contributed by atoms with Gasteiger partial charge in [0.1, 0.15) is 0 Å². The predicted octanol–water partition coefficient (Wildman–Crippen LogP) is 1.70. The van der Waals surface area contributed by atoms with E-state index in [9.17, 15) is 13.2 Å². The molecule has 0 unspecified atom stereocenters. The molecule has 1 heterocycles. The number of hydrogen-bond acceptors (Lipinski definition) is 4. The summed E-state index contributed by atoms with van der Waals surface area (Å²) in [5.74, 6) is 0.479. The highest BCUT2D eigenvalue weighted by Gasteiger charge is 2.28.